The standard InChI is InChI=1S/C18H17F3N2O3/c1-2-26-17(25)16(24)23(11-13-6-4-3-5-7-13)12-15-9-8-14(10-22-15)18(19,20)21/h3-10H,2,11-12H2,1H3. The maximum atomic E-state index is 12.6. The summed E-state index contributed by atoms with van der Waals surface area (Å²) in [5.74, 6) is -1.90. The van der Waals surface area contributed by atoms with E-state index in [0.29, 0.717) is 6.20 Å². The van der Waals surface area contributed by atoms with Gasteiger partial charge in [-0.1, -0.05) is 30.3 Å². The Bertz CT molecular complexity index is 747. The van der Waals surface area contributed by atoms with Crippen molar-refractivity contribution in [1.82, 2.24) is 9.88 Å². The van der Waals surface area contributed by atoms with Gasteiger partial charge in [0.05, 0.1) is 24.4 Å². The Morgan fingerprint density at radius 2 is 1.77 bits per heavy atom. The first-order valence-electron chi connectivity index (χ1n) is 7.83. The van der Waals surface area contributed by atoms with E-state index in [2.05, 4.69) is 4.98 Å². The van der Waals surface area contributed by atoms with Gasteiger partial charge in [0.25, 0.3) is 0 Å². The second-order valence-corrected chi connectivity index (χ2v) is 5.40. The van der Waals surface area contributed by atoms with Crippen LogP contribution in [0.15, 0.2) is 48.7 Å². The molecule has 0 spiro atoms. The number of esters is 1. The highest BCUT2D eigenvalue weighted by molar-refractivity contribution is 6.32. The summed E-state index contributed by atoms with van der Waals surface area (Å²) in [6, 6.07) is 11.0. The quantitative estimate of drug-likeness (QED) is 0.602. The lowest BCUT2D eigenvalue weighted by Gasteiger charge is -2.21. The number of pyridine rings is 1. The minimum atomic E-state index is -4.49. The second kappa shape index (κ2) is 8.46. The fourth-order valence-corrected chi connectivity index (χ4v) is 2.21. The third kappa shape index (κ3) is 5.30. The van der Waals surface area contributed by atoms with Gasteiger partial charge in [0.1, 0.15) is 0 Å². The van der Waals surface area contributed by atoms with E-state index in [9.17, 15) is 22.8 Å². The van der Waals surface area contributed by atoms with Gasteiger partial charge in [-0.15, -0.1) is 0 Å². The van der Waals surface area contributed by atoms with Crippen LogP contribution in [0.3, 0.4) is 0 Å². The first-order chi connectivity index (χ1) is 12.3. The zero-order chi connectivity index (χ0) is 19.2. The van der Waals surface area contributed by atoms with Crippen LogP contribution < -0.4 is 0 Å². The van der Waals surface area contributed by atoms with Crippen LogP contribution in [0.5, 0.6) is 0 Å². The van der Waals surface area contributed by atoms with Crippen molar-refractivity contribution in [3.05, 3.63) is 65.5 Å². The van der Waals surface area contributed by atoms with E-state index in [1.165, 1.54) is 11.0 Å². The highest BCUT2D eigenvalue weighted by atomic mass is 19.4. The van der Waals surface area contributed by atoms with Crippen LogP contribution in [-0.2, 0) is 33.6 Å². The number of hydrogen-bond acceptors (Lipinski definition) is 4. The van der Waals surface area contributed by atoms with E-state index in [4.69, 9.17) is 4.74 Å². The molecule has 1 amide bonds. The summed E-state index contributed by atoms with van der Waals surface area (Å²) in [6.45, 7) is 1.60. The molecule has 0 aliphatic rings. The van der Waals surface area contributed by atoms with Crippen molar-refractivity contribution < 1.29 is 27.5 Å². The number of halogens is 3. The number of benzene rings is 1. The topological polar surface area (TPSA) is 59.5 Å². The van der Waals surface area contributed by atoms with Crippen LogP contribution >= 0.6 is 0 Å². The maximum Gasteiger partial charge on any atom is 0.417 e. The predicted octanol–water partition coefficient (Wildman–Crippen LogP) is 3.19. The molecule has 26 heavy (non-hydrogen) atoms. The lowest BCUT2D eigenvalue weighted by molar-refractivity contribution is -0.160. The molecule has 8 heteroatoms. The molecule has 2 aromatic rings. The highest BCUT2D eigenvalue weighted by Crippen LogP contribution is 2.28. The molecule has 0 bridgehead atoms. The zero-order valence-corrected chi connectivity index (χ0v) is 14.0. The van der Waals surface area contributed by atoms with Crippen LogP contribution in [0.4, 0.5) is 13.2 Å². The summed E-state index contributed by atoms with van der Waals surface area (Å²) in [5, 5.41) is 0. The summed E-state index contributed by atoms with van der Waals surface area (Å²) >= 11 is 0. The van der Waals surface area contributed by atoms with Gasteiger partial charge in [0.2, 0.25) is 0 Å². The van der Waals surface area contributed by atoms with Crippen molar-refractivity contribution >= 4 is 11.9 Å². The van der Waals surface area contributed by atoms with E-state index in [-0.39, 0.29) is 25.4 Å². The summed E-state index contributed by atoms with van der Waals surface area (Å²) < 4.78 is 42.6. The predicted molar refractivity (Wildman–Crippen MR) is 86.6 cm³/mol. The maximum absolute atomic E-state index is 12.6. The number of nitrogens with zero attached hydrogens (tertiary/aromatic N) is 2. The van der Waals surface area contributed by atoms with E-state index < -0.39 is 23.6 Å². The number of carbonyl (C=O) groups is 2. The van der Waals surface area contributed by atoms with Gasteiger partial charge in [-0.2, -0.15) is 13.2 Å². The number of carbonyl (C=O) groups excluding carboxylic acids is 2. The molecule has 0 aliphatic heterocycles. The molecular formula is C18H17F3N2O3. The van der Waals surface area contributed by atoms with Crippen LogP contribution in [0.25, 0.3) is 0 Å². The number of hydrogen-bond donors (Lipinski definition) is 0. The Hall–Kier alpha value is -2.90. The number of aromatic nitrogens is 1. The van der Waals surface area contributed by atoms with E-state index in [1.807, 2.05) is 0 Å². The Balaban J connectivity index is 2.20. The van der Waals surface area contributed by atoms with Gasteiger partial charge in [0.15, 0.2) is 0 Å². The van der Waals surface area contributed by atoms with Crippen LogP contribution in [0.2, 0.25) is 0 Å². The fourth-order valence-electron chi connectivity index (χ4n) is 2.21. The molecule has 2 rings (SSSR count). The molecule has 0 aliphatic carbocycles. The molecule has 5 nitrogen and oxygen atoms in total. The third-order valence-electron chi connectivity index (χ3n) is 3.46. The number of rotatable bonds is 5. The van der Waals surface area contributed by atoms with E-state index in [0.717, 1.165) is 11.6 Å². The molecule has 0 N–H and O–H groups in total. The van der Waals surface area contributed by atoms with Crippen molar-refractivity contribution in [2.24, 2.45) is 0 Å². The van der Waals surface area contributed by atoms with Crippen molar-refractivity contribution in [2.75, 3.05) is 6.61 Å². The molecule has 0 saturated carbocycles. The molecule has 1 heterocycles. The molecule has 138 valence electrons. The SMILES string of the molecule is CCOC(=O)C(=O)N(Cc1ccccc1)Cc1ccc(C(F)(F)F)cn1. The summed E-state index contributed by atoms with van der Waals surface area (Å²) in [6.07, 6.45) is -3.79. The Morgan fingerprint density at radius 3 is 2.31 bits per heavy atom. The molecular weight excluding hydrogens is 349 g/mol. The number of ether oxygens (including phenoxy) is 1. The molecule has 0 fully saturated rings. The van der Waals surface area contributed by atoms with E-state index >= 15 is 0 Å². The molecule has 1 aromatic heterocycles. The van der Waals surface area contributed by atoms with Crippen molar-refractivity contribution in [3.63, 3.8) is 0 Å². The van der Waals surface area contributed by atoms with Crippen LogP contribution in [0.1, 0.15) is 23.7 Å². The third-order valence-corrected chi connectivity index (χ3v) is 3.46. The summed E-state index contributed by atoms with van der Waals surface area (Å²) in [5.41, 5.74) is 0.108. The average Bonchev–Trinajstić information content (AvgIpc) is 2.61. The Kier molecular flexibility index (Phi) is 6.32. The van der Waals surface area contributed by atoms with Gasteiger partial charge in [-0.3, -0.25) is 9.78 Å². The van der Waals surface area contributed by atoms with Gasteiger partial charge in [-0.25, -0.2) is 4.79 Å². The smallest absolute Gasteiger partial charge is 0.417 e. The minimum Gasteiger partial charge on any atom is -0.459 e. The van der Waals surface area contributed by atoms with Gasteiger partial charge in [0, 0.05) is 12.7 Å². The molecule has 0 radical (unpaired) electrons. The normalized spacial score (nSPS) is 11.1. The highest BCUT2D eigenvalue weighted by Gasteiger charge is 2.31. The summed E-state index contributed by atoms with van der Waals surface area (Å²) in [4.78, 5) is 29.0. The van der Waals surface area contributed by atoms with Crippen LogP contribution in [-0.4, -0.2) is 28.4 Å². The number of alkyl halides is 3. The molecule has 1 aromatic carbocycles. The van der Waals surface area contributed by atoms with Crippen molar-refractivity contribution in [3.8, 4) is 0 Å². The van der Waals surface area contributed by atoms with Gasteiger partial charge >= 0.3 is 18.1 Å². The van der Waals surface area contributed by atoms with Crippen LogP contribution in [0, 0.1) is 0 Å². The molecule has 0 unspecified atom stereocenters. The minimum absolute atomic E-state index is 0.0439. The summed E-state index contributed by atoms with van der Waals surface area (Å²) in [7, 11) is 0. The Labute approximate surface area is 148 Å². The first-order valence-corrected chi connectivity index (χ1v) is 7.83. The number of amides is 1. The molecule has 0 saturated heterocycles. The molecule has 0 atom stereocenters. The van der Waals surface area contributed by atoms with Gasteiger partial charge in [-0.05, 0) is 24.6 Å². The van der Waals surface area contributed by atoms with Gasteiger partial charge < -0.3 is 9.64 Å². The largest absolute Gasteiger partial charge is 0.459 e. The zero-order valence-electron chi connectivity index (χ0n) is 14.0. The van der Waals surface area contributed by atoms with E-state index in [1.54, 1.807) is 37.3 Å². The lowest BCUT2D eigenvalue weighted by atomic mass is 10.2. The fraction of sp³-hybridized carbons (Fsp3) is 0.278. The second-order valence-electron chi connectivity index (χ2n) is 5.40. The van der Waals surface area contributed by atoms with Crippen molar-refractivity contribution in [1.29, 1.82) is 0 Å². The van der Waals surface area contributed by atoms with Crippen molar-refractivity contribution in [2.45, 2.75) is 26.2 Å². The first kappa shape index (κ1) is 19.4. The lowest BCUT2D eigenvalue weighted by Crippen LogP contribution is -2.37. The Morgan fingerprint density at radius 1 is 1.08 bits per heavy atom. The monoisotopic (exact) mass is 366 g/mol. The average molecular weight is 366 g/mol.